The second-order valence-corrected chi connectivity index (χ2v) is 8.96. The van der Waals surface area contributed by atoms with E-state index in [4.69, 9.17) is 0 Å². The first-order valence-corrected chi connectivity index (χ1v) is 10.0. The molecule has 0 saturated carbocycles. The molecule has 1 N–H and O–H groups in total. The Balaban J connectivity index is 2.01. The van der Waals surface area contributed by atoms with Gasteiger partial charge in [-0.3, -0.25) is 0 Å². The largest absolute Gasteiger partial charge is 0.380 e. The van der Waals surface area contributed by atoms with Crippen molar-refractivity contribution in [2.24, 2.45) is 0 Å². The summed E-state index contributed by atoms with van der Waals surface area (Å²) in [5.74, 6) is 1.61. The van der Waals surface area contributed by atoms with Gasteiger partial charge in [-0.2, -0.15) is 11.8 Å². The Hall–Kier alpha value is -0.680. The van der Waals surface area contributed by atoms with Crippen LogP contribution in [0.2, 0.25) is 0 Å². The van der Waals surface area contributed by atoms with Crippen molar-refractivity contribution in [1.82, 2.24) is 0 Å². The summed E-state index contributed by atoms with van der Waals surface area (Å²) in [6, 6.07) is 8.17. The van der Waals surface area contributed by atoms with Crippen LogP contribution in [0, 0.1) is 6.92 Å². The predicted molar refractivity (Wildman–Crippen MR) is 88.4 cm³/mol. The van der Waals surface area contributed by atoms with Crippen LogP contribution >= 0.6 is 11.8 Å². The monoisotopic (exact) mass is 313 g/mol. The minimum Gasteiger partial charge on any atom is -0.380 e. The highest BCUT2D eigenvalue weighted by Gasteiger charge is 2.37. The molecule has 1 heterocycles. The second-order valence-electron chi connectivity index (χ2n) is 5.46. The maximum atomic E-state index is 11.9. The number of anilines is 1. The lowest BCUT2D eigenvalue weighted by Gasteiger charge is -2.20. The Bertz CT molecular complexity index is 525. The molecule has 1 aliphatic rings. The van der Waals surface area contributed by atoms with E-state index in [1.54, 1.807) is 11.8 Å². The van der Waals surface area contributed by atoms with Gasteiger partial charge in [0.25, 0.3) is 0 Å². The summed E-state index contributed by atoms with van der Waals surface area (Å²) in [7, 11) is -2.89. The van der Waals surface area contributed by atoms with Gasteiger partial charge in [0.2, 0.25) is 0 Å². The Morgan fingerprint density at radius 3 is 2.60 bits per heavy atom. The molecule has 1 aliphatic heterocycles. The number of hydrogen-bond acceptors (Lipinski definition) is 4. The van der Waals surface area contributed by atoms with Crippen molar-refractivity contribution in [1.29, 1.82) is 0 Å². The fraction of sp³-hybridized carbons (Fsp3) is 0.600. The number of unbranched alkanes of at least 4 members (excludes halogenated alkanes) is 1. The van der Waals surface area contributed by atoms with E-state index in [0.29, 0.717) is 5.75 Å². The summed E-state index contributed by atoms with van der Waals surface area (Å²) in [5.41, 5.74) is 2.22. The van der Waals surface area contributed by atoms with Crippen LogP contribution in [0.1, 0.15) is 25.3 Å². The number of sulfone groups is 1. The van der Waals surface area contributed by atoms with Crippen LogP contribution < -0.4 is 5.32 Å². The van der Waals surface area contributed by atoms with E-state index in [1.807, 2.05) is 31.2 Å². The predicted octanol–water partition coefficient (Wildman–Crippen LogP) is 3.11. The Morgan fingerprint density at radius 1 is 1.25 bits per heavy atom. The molecule has 20 heavy (non-hydrogen) atoms. The summed E-state index contributed by atoms with van der Waals surface area (Å²) in [5, 5.41) is 3.57. The van der Waals surface area contributed by atoms with Gasteiger partial charge in [0.1, 0.15) is 0 Å². The van der Waals surface area contributed by atoms with Crippen LogP contribution in [0.5, 0.6) is 0 Å². The van der Waals surface area contributed by atoms with Crippen LogP contribution in [-0.2, 0) is 9.84 Å². The normalized spacial score (nSPS) is 24.7. The quantitative estimate of drug-likeness (QED) is 0.820. The fourth-order valence-corrected chi connectivity index (χ4v) is 6.37. The van der Waals surface area contributed by atoms with Gasteiger partial charge in [-0.15, -0.1) is 0 Å². The average molecular weight is 313 g/mol. The van der Waals surface area contributed by atoms with Crippen LogP contribution in [0.4, 0.5) is 5.69 Å². The smallest absolute Gasteiger partial charge is 0.153 e. The summed E-state index contributed by atoms with van der Waals surface area (Å²) >= 11 is 1.80. The molecule has 5 heteroatoms. The summed E-state index contributed by atoms with van der Waals surface area (Å²) in [6.07, 6.45) is 2.31. The van der Waals surface area contributed by atoms with Crippen molar-refractivity contribution in [2.75, 3.05) is 22.6 Å². The molecule has 2 rings (SSSR count). The Kier molecular flexibility index (Phi) is 5.38. The number of aryl methyl sites for hydroxylation is 1. The van der Waals surface area contributed by atoms with E-state index in [9.17, 15) is 8.42 Å². The lowest BCUT2D eigenvalue weighted by molar-refractivity contribution is 0.602. The maximum Gasteiger partial charge on any atom is 0.153 e. The van der Waals surface area contributed by atoms with Crippen molar-refractivity contribution < 1.29 is 8.42 Å². The van der Waals surface area contributed by atoms with E-state index < -0.39 is 9.84 Å². The minimum absolute atomic E-state index is 0.0320. The number of benzene rings is 1. The van der Waals surface area contributed by atoms with Crippen LogP contribution in [0.3, 0.4) is 0 Å². The van der Waals surface area contributed by atoms with Gasteiger partial charge in [0, 0.05) is 10.9 Å². The van der Waals surface area contributed by atoms with Gasteiger partial charge in [-0.1, -0.05) is 31.0 Å². The molecule has 0 amide bonds. The number of nitrogens with one attached hydrogen (secondary N) is 1. The fourth-order valence-electron chi connectivity index (χ4n) is 2.36. The molecule has 0 radical (unpaired) electrons. The molecule has 1 fully saturated rings. The third kappa shape index (κ3) is 4.42. The van der Waals surface area contributed by atoms with Gasteiger partial charge < -0.3 is 5.32 Å². The van der Waals surface area contributed by atoms with E-state index in [2.05, 4.69) is 12.2 Å². The standard InChI is InChI=1S/C15H23NO2S2/c1-3-4-9-19-15-11-20(17,18)10-14(15)16-13-7-5-12(2)6-8-13/h5-8,14-16H,3-4,9-11H2,1-2H3. The molecule has 112 valence electrons. The van der Waals surface area contributed by atoms with Gasteiger partial charge in [0.15, 0.2) is 9.84 Å². The lowest BCUT2D eigenvalue weighted by Crippen LogP contribution is -2.30. The van der Waals surface area contributed by atoms with Crippen molar-refractivity contribution in [3.05, 3.63) is 29.8 Å². The first kappa shape index (κ1) is 15.7. The summed E-state index contributed by atoms with van der Waals surface area (Å²) in [4.78, 5) is 0. The third-order valence-electron chi connectivity index (χ3n) is 3.53. The molecule has 1 aromatic rings. The first-order valence-electron chi connectivity index (χ1n) is 7.15. The van der Waals surface area contributed by atoms with E-state index in [-0.39, 0.29) is 17.0 Å². The van der Waals surface area contributed by atoms with Gasteiger partial charge >= 0.3 is 0 Å². The van der Waals surface area contributed by atoms with Crippen LogP contribution in [0.25, 0.3) is 0 Å². The zero-order chi connectivity index (χ0) is 14.6. The van der Waals surface area contributed by atoms with Crippen LogP contribution in [-0.4, -0.2) is 37.0 Å². The second kappa shape index (κ2) is 6.85. The van der Waals surface area contributed by atoms with Gasteiger partial charge in [0.05, 0.1) is 17.5 Å². The summed E-state index contributed by atoms with van der Waals surface area (Å²) < 4.78 is 23.8. The lowest BCUT2D eigenvalue weighted by atomic mass is 10.2. The molecule has 0 spiro atoms. The molecular formula is C15H23NO2S2. The van der Waals surface area contributed by atoms with Crippen molar-refractivity contribution in [3.8, 4) is 0 Å². The highest BCUT2D eigenvalue weighted by molar-refractivity contribution is 8.01. The van der Waals surface area contributed by atoms with E-state index in [0.717, 1.165) is 24.3 Å². The average Bonchev–Trinajstić information content (AvgIpc) is 2.67. The summed E-state index contributed by atoms with van der Waals surface area (Å²) in [6.45, 7) is 4.21. The third-order valence-corrected chi connectivity index (χ3v) is 6.93. The topological polar surface area (TPSA) is 46.2 Å². The molecule has 2 unspecified atom stereocenters. The highest BCUT2D eigenvalue weighted by Crippen LogP contribution is 2.28. The van der Waals surface area contributed by atoms with E-state index in [1.165, 1.54) is 5.56 Å². The zero-order valence-electron chi connectivity index (χ0n) is 12.1. The maximum absolute atomic E-state index is 11.9. The molecule has 0 bridgehead atoms. The SMILES string of the molecule is CCCCSC1CS(=O)(=O)CC1Nc1ccc(C)cc1. The van der Waals surface area contributed by atoms with Crippen molar-refractivity contribution >= 4 is 27.3 Å². The van der Waals surface area contributed by atoms with E-state index >= 15 is 0 Å². The van der Waals surface area contributed by atoms with Crippen molar-refractivity contribution in [3.63, 3.8) is 0 Å². The van der Waals surface area contributed by atoms with Crippen LogP contribution in [0.15, 0.2) is 24.3 Å². The van der Waals surface area contributed by atoms with Gasteiger partial charge in [-0.25, -0.2) is 8.42 Å². The number of thioether (sulfide) groups is 1. The molecule has 3 nitrogen and oxygen atoms in total. The highest BCUT2D eigenvalue weighted by atomic mass is 32.2. The molecule has 1 saturated heterocycles. The Morgan fingerprint density at radius 2 is 1.95 bits per heavy atom. The number of rotatable bonds is 6. The molecule has 0 aliphatic carbocycles. The zero-order valence-corrected chi connectivity index (χ0v) is 13.8. The minimum atomic E-state index is -2.89. The Labute approximate surface area is 126 Å². The van der Waals surface area contributed by atoms with Gasteiger partial charge in [-0.05, 0) is 31.2 Å². The molecule has 0 aromatic heterocycles. The first-order chi connectivity index (χ1) is 9.50. The number of hydrogen-bond donors (Lipinski definition) is 1. The molecule has 1 aromatic carbocycles. The molecular weight excluding hydrogens is 290 g/mol. The van der Waals surface area contributed by atoms with Crippen molar-refractivity contribution in [2.45, 2.75) is 38.0 Å². The molecule has 2 atom stereocenters.